The van der Waals surface area contributed by atoms with E-state index in [2.05, 4.69) is 32.8 Å². The first kappa shape index (κ1) is 18.8. The van der Waals surface area contributed by atoms with Crippen LogP contribution in [0, 0.1) is 6.92 Å². The van der Waals surface area contributed by atoms with Gasteiger partial charge in [-0.15, -0.1) is 0 Å². The van der Waals surface area contributed by atoms with Crippen molar-refractivity contribution in [3.63, 3.8) is 0 Å². The molecule has 0 saturated carbocycles. The van der Waals surface area contributed by atoms with Crippen molar-refractivity contribution in [2.24, 2.45) is 0 Å². The molecule has 158 valence electrons. The summed E-state index contributed by atoms with van der Waals surface area (Å²) >= 11 is 6.05. The van der Waals surface area contributed by atoms with Gasteiger partial charge in [0, 0.05) is 54.7 Å². The summed E-state index contributed by atoms with van der Waals surface area (Å²) in [6.07, 6.45) is 4.67. The molecule has 0 spiro atoms. The lowest BCUT2D eigenvalue weighted by Crippen LogP contribution is -2.46. The number of hydrogen-bond donors (Lipinski definition) is 0. The molecule has 31 heavy (non-hydrogen) atoms. The minimum atomic E-state index is -0.398. The van der Waals surface area contributed by atoms with Crippen LogP contribution in [0.5, 0.6) is 0 Å². The Morgan fingerprint density at radius 2 is 2.03 bits per heavy atom. The van der Waals surface area contributed by atoms with Crippen LogP contribution < -0.4 is 10.5 Å². The van der Waals surface area contributed by atoms with Gasteiger partial charge >= 0.3 is 5.63 Å². The number of likely N-dealkylation sites (N-methyl/N-ethyl adjacent to an activating group) is 1. The predicted octanol–water partition coefficient (Wildman–Crippen LogP) is 3.75. The lowest BCUT2D eigenvalue weighted by Gasteiger charge is -2.35. The summed E-state index contributed by atoms with van der Waals surface area (Å²) in [6.45, 7) is 7.31. The van der Waals surface area contributed by atoms with E-state index in [4.69, 9.17) is 16.0 Å². The lowest BCUT2D eigenvalue weighted by molar-refractivity contribution is 0.251. The molecule has 3 aromatic heterocycles. The van der Waals surface area contributed by atoms with Gasteiger partial charge in [0.15, 0.2) is 5.65 Å². The third-order valence-electron chi connectivity index (χ3n) is 6.66. The van der Waals surface area contributed by atoms with E-state index in [9.17, 15) is 4.79 Å². The molecule has 2 fully saturated rings. The molecule has 0 aliphatic carbocycles. The highest BCUT2D eigenvalue weighted by atomic mass is 35.5. The molecule has 6 rings (SSSR count). The zero-order valence-corrected chi connectivity index (χ0v) is 18.1. The Kier molecular flexibility index (Phi) is 4.13. The highest BCUT2D eigenvalue weighted by molar-refractivity contribution is 6.29. The molecule has 2 aliphatic heterocycles. The number of piperazine rings is 1. The minimum Gasteiger partial charge on any atom is -0.422 e. The monoisotopic (exact) mass is 435 g/mol. The van der Waals surface area contributed by atoms with Crippen molar-refractivity contribution in [2.75, 3.05) is 24.5 Å². The maximum Gasteiger partial charge on any atom is 0.345 e. The Labute approximate surface area is 183 Å². The van der Waals surface area contributed by atoms with E-state index in [1.165, 1.54) is 6.42 Å². The van der Waals surface area contributed by atoms with Crippen LogP contribution in [0.1, 0.15) is 19.0 Å². The first-order valence-corrected chi connectivity index (χ1v) is 11.0. The van der Waals surface area contributed by atoms with E-state index in [1.54, 1.807) is 16.8 Å². The second-order valence-electron chi connectivity index (χ2n) is 8.46. The Hall–Kier alpha value is -2.90. The van der Waals surface area contributed by atoms with Crippen LogP contribution in [0.2, 0.25) is 5.15 Å². The highest BCUT2D eigenvalue weighted by Crippen LogP contribution is 2.35. The number of anilines is 1. The molecule has 1 aromatic carbocycles. The number of fused-ring (bicyclic) bond motifs is 4. The number of likely N-dealkylation sites (tertiary alicyclic amines) is 1. The maximum atomic E-state index is 12.8. The molecule has 0 radical (unpaired) electrons. The molecule has 7 nitrogen and oxygen atoms in total. The van der Waals surface area contributed by atoms with E-state index < -0.39 is 5.63 Å². The molecular formula is C23H22ClN5O2. The van der Waals surface area contributed by atoms with E-state index in [0.717, 1.165) is 30.7 Å². The maximum absolute atomic E-state index is 12.8. The number of hydrogen-bond acceptors (Lipinski definition) is 6. The second kappa shape index (κ2) is 6.80. The first-order chi connectivity index (χ1) is 15.0. The molecule has 5 heterocycles. The van der Waals surface area contributed by atoms with Crippen LogP contribution in [-0.4, -0.2) is 51.0 Å². The largest absolute Gasteiger partial charge is 0.422 e. The van der Waals surface area contributed by atoms with E-state index in [-0.39, 0.29) is 0 Å². The van der Waals surface area contributed by atoms with Gasteiger partial charge in [0.05, 0.1) is 17.0 Å². The topological polar surface area (TPSA) is 66.9 Å². The van der Waals surface area contributed by atoms with Gasteiger partial charge in [0.1, 0.15) is 10.7 Å². The summed E-state index contributed by atoms with van der Waals surface area (Å²) in [5, 5.41) is 1.26. The van der Waals surface area contributed by atoms with Gasteiger partial charge in [-0.1, -0.05) is 18.5 Å². The molecule has 0 N–H and O–H groups in total. The van der Waals surface area contributed by atoms with Crippen LogP contribution in [0.25, 0.3) is 27.9 Å². The summed E-state index contributed by atoms with van der Waals surface area (Å²) in [5.74, 6) is 0. The van der Waals surface area contributed by atoms with E-state index >= 15 is 0 Å². The Balaban J connectivity index is 1.38. The molecular weight excluding hydrogens is 414 g/mol. The van der Waals surface area contributed by atoms with Crippen molar-refractivity contribution < 1.29 is 4.42 Å². The Bertz CT molecular complexity index is 1390. The fourth-order valence-electron chi connectivity index (χ4n) is 5.15. The standard InChI is InChI=1S/C23H22ClN5O2/c1-3-27-9-17-7-16(27)10-29(17)15-5-4-14-6-18(23(30)31-20(14)8-15)19-11-28-12-21(24)25-13(2)22(28)26-19/h4-6,8,11-12,16-17H,3,7,9-10H2,1-2H3. The van der Waals surface area contributed by atoms with Gasteiger partial charge in [0.25, 0.3) is 0 Å². The summed E-state index contributed by atoms with van der Waals surface area (Å²) in [7, 11) is 0. The number of nitrogens with zero attached hydrogens (tertiary/aromatic N) is 5. The van der Waals surface area contributed by atoms with Crippen molar-refractivity contribution in [1.82, 2.24) is 19.3 Å². The normalized spacial score (nSPS) is 21.1. The quantitative estimate of drug-likeness (QED) is 0.456. The van der Waals surface area contributed by atoms with Gasteiger partial charge in [-0.2, -0.15) is 0 Å². The number of rotatable bonds is 3. The SMILES string of the molecule is CCN1CC2CC1CN2c1ccc2cc(-c3cn4cc(Cl)nc(C)c4n3)c(=O)oc2c1. The van der Waals surface area contributed by atoms with Crippen LogP contribution in [0.4, 0.5) is 5.69 Å². The molecule has 2 saturated heterocycles. The fourth-order valence-corrected chi connectivity index (χ4v) is 5.39. The zero-order valence-electron chi connectivity index (χ0n) is 17.4. The Morgan fingerprint density at radius 3 is 2.81 bits per heavy atom. The van der Waals surface area contributed by atoms with Gasteiger partial charge in [-0.3, -0.25) is 4.90 Å². The number of benzene rings is 1. The van der Waals surface area contributed by atoms with Crippen molar-refractivity contribution >= 4 is 33.9 Å². The third kappa shape index (κ3) is 2.95. The molecule has 2 atom stereocenters. The second-order valence-corrected chi connectivity index (χ2v) is 8.85. The number of imidazole rings is 1. The van der Waals surface area contributed by atoms with Crippen LogP contribution in [0.3, 0.4) is 0 Å². The van der Waals surface area contributed by atoms with E-state index in [0.29, 0.717) is 45.4 Å². The summed E-state index contributed by atoms with van der Waals surface area (Å²) in [4.78, 5) is 26.6. The lowest BCUT2D eigenvalue weighted by atomic mass is 10.1. The molecule has 4 aromatic rings. The van der Waals surface area contributed by atoms with Gasteiger partial charge < -0.3 is 13.7 Å². The smallest absolute Gasteiger partial charge is 0.345 e. The Morgan fingerprint density at radius 1 is 1.16 bits per heavy atom. The van der Waals surface area contributed by atoms with E-state index in [1.807, 2.05) is 25.1 Å². The summed E-state index contributed by atoms with van der Waals surface area (Å²) < 4.78 is 7.52. The van der Waals surface area contributed by atoms with Gasteiger partial charge in [-0.25, -0.2) is 14.8 Å². The average molecular weight is 436 g/mol. The van der Waals surface area contributed by atoms with Crippen molar-refractivity contribution in [3.05, 3.63) is 57.9 Å². The van der Waals surface area contributed by atoms with Gasteiger partial charge in [0.2, 0.25) is 0 Å². The van der Waals surface area contributed by atoms with Crippen LogP contribution >= 0.6 is 11.6 Å². The zero-order chi connectivity index (χ0) is 21.3. The van der Waals surface area contributed by atoms with Crippen molar-refractivity contribution in [2.45, 2.75) is 32.4 Å². The predicted molar refractivity (Wildman–Crippen MR) is 121 cm³/mol. The fraction of sp³-hybridized carbons (Fsp3) is 0.348. The van der Waals surface area contributed by atoms with Crippen molar-refractivity contribution in [3.8, 4) is 11.3 Å². The molecule has 8 heteroatoms. The number of aromatic nitrogens is 3. The average Bonchev–Trinajstić information content (AvgIpc) is 3.46. The third-order valence-corrected chi connectivity index (χ3v) is 6.85. The molecule has 2 unspecified atom stereocenters. The summed E-state index contributed by atoms with van der Waals surface area (Å²) in [6, 6.07) is 9.17. The van der Waals surface area contributed by atoms with Crippen LogP contribution in [-0.2, 0) is 0 Å². The molecule has 2 aliphatic rings. The minimum absolute atomic E-state index is 0.379. The van der Waals surface area contributed by atoms with Crippen molar-refractivity contribution in [1.29, 1.82) is 0 Å². The first-order valence-electron chi connectivity index (χ1n) is 10.6. The summed E-state index contributed by atoms with van der Waals surface area (Å²) in [5.41, 5.74) is 3.67. The number of aryl methyl sites for hydroxylation is 1. The number of halogens is 1. The molecule has 2 bridgehead atoms. The molecule has 0 amide bonds. The van der Waals surface area contributed by atoms with Crippen LogP contribution in [0.15, 0.2) is 45.9 Å². The highest BCUT2D eigenvalue weighted by Gasteiger charge is 2.42. The van der Waals surface area contributed by atoms with Gasteiger partial charge in [-0.05, 0) is 38.1 Å².